The number of rotatable bonds is 4. The number of hydrogen-bond donors (Lipinski definition) is 1. The van der Waals surface area contributed by atoms with E-state index in [1.165, 1.54) is 5.56 Å². The highest BCUT2D eigenvalue weighted by molar-refractivity contribution is 5.83. The van der Waals surface area contributed by atoms with E-state index in [1.54, 1.807) is 6.07 Å². The van der Waals surface area contributed by atoms with Gasteiger partial charge in [0.1, 0.15) is 5.75 Å². The van der Waals surface area contributed by atoms with Crippen molar-refractivity contribution in [3.05, 3.63) is 101 Å². The smallest absolute Gasteiger partial charge is 0.123 e. The van der Waals surface area contributed by atoms with E-state index in [-0.39, 0.29) is 5.41 Å². The van der Waals surface area contributed by atoms with Crippen LogP contribution in [0.2, 0.25) is 0 Å². The molecule has 0 radical (unpaired) electrons. The predicted octanol–water partition coefficient (Wildman–Crippen LogP) is 7.03. The molecule has 0 saturated carbocycles. The molecule has 0 amide bonds. The predicted molar refractivity (Wildman–Crippen MR) is 118 cm³/mol. The lowest BCUT2D eigenvalue weighted by Crippen LogP contribution is -2.13. The van der Waals surface area contributed by atoms with Gasteiger partial charge in [0.2, 0.25) is 0 Å². The molecule has 136 valence electrons. The van der Waals surface area contributed by atoms with Gasteiger partial charge >= 0.3 is 0 Å². The molecule has 0 fully saturated rings. The first-order valence-corrected chi connectivity index (χ1v) is 9.28. The van der Waals surface area contributed by atoms with Crippen LogP contribution in [0.15, 0.2) is 72.8 Å². The van der Waals surface area contributed by atoms with Crippen molar-refractivity contribution < 1.29 is 5.11 Å². The molecule has 0 aliphatic carbocycles. The second-order valence-electron chi connectivity index (χ2n) is 7.70. The molecule has 0 aliphatic heterocycles. The van der Waals surface area contributed by atoms with E-state index in [2.05, 4.69) is 57.2 Å². The molecule has 3 aromatic rings. The zero-order chi connectivity index (χ0) is 19.3. The Morgan fingerprint density at radius 3 is 1.56 bits per heavy atom. The van der Waals surface area contributed by atoms with Gasteiger partial charge in [0.05, 0.1) is 0 Å². The SMILES string of the molecule is CC(C)(C)c1ccc(O)c(C=Cc2ccccc2)c1C=Cc1ccccc1. The monoisotopic (exact) mass is 354 g/mol. The van der Waals surface area contributed by atoms with Crippen molar-refractivity contribution in [3.8, 4) is 5.75 Å². The normalized spacial score (nSPS) is 12.1. The van der Waals surface area contributed by atoms with Crippen LogP contribution in [0.4, 0.5) is 0 Å². The highest BCUT2D eigenvalue weighted by Gasteiger charge is 2.20. The van der Waals surface area contributed by atoms with Crippen molar-refractivity contribution in [2.75, 3.05) is 0 Å². The molecule has 0 heterocycles. The molecule has 3 aromatic carbocycles. The summed E-state index contributed by atoms with van der Waals surface area (Å²) in [6.07, 6.45) is 8.26. The number of aromatic hydroxyl groups is 1. The average Bonchev–Trinajstić information content (AvgIpc) is 2.66. The van der Waals surface area contributed by atoms with Crippen molar-refractivity contribution in [2.45, 2.75) is 26.2 Å². The maximum atomic E-state index is 10.6. The Bertz CT molecular complexity index is 943. The summed E-state index contributed by atoms with van der Waals surface area (Å²) in [6, 6.07) is 24.2. The maximum absolute atomic E-state index is 10.6. The fraction of sp³-hybridized carbons (Fsp3) is 0.154. The lowest BCUT2D eigenvalue weighted by atomic mass is 9.81. The Labute approximate surface area is 162 Å². The van der Waals surface area contributed by atoms with Crippen LogP contribution in [0.25, 0.3) is 24.3 Å². The first-order chi connectivity index (χ1) is 12.9. The quantitative estimate of drug-likeness (QED) is 0.499. The van der Waals surface area contributed by atoms with E-state index >= 15 is 0 Å². The van der Waals surface area contributed by atoms with Crippen LogP contribution in [0.3, 0.4) is 0 Å². The molecule has 0 aromatic heterocycles. The van der Waals surface area contributed by atoms with Gasteiger partial charge in [-0.1, -0.05) is 112 Å². The van der Waals surface area contributed by atoms with Crippen molar-refractivity contribution >= 4 is 24.3 Å². The maximum Gasteiger partial charge on any atom is 0.123 e. The van der Waals surface area contributed by atoms with E-state index in [0.717, 1.165) is 22.3 Å². The first-order valence-electron chi connectivity index (χ1n) is 9.28. The third kappa shape index (κ3) is 4.77. The van der Waals surface area contributed by atoms with Gasteiger partial charge in [-0.2, -0.15) is 0 Å². The molecule has 0 spiro atoms. The average molecular weight is 354 g/mol. The number of hydrogen-bond acceptors (Lipinski definition) is 1. The summed E-state index contributed by atoms with van der Waals surface area (Å²) in [4.78, 5) is 0. The first kappa shape index (κ1) is 18.7. The standard InChI is InChI=1S/C26H26O/c1-26(2,3)24-18-19-25(27)23(17-15-21-12-8-5-9-13-21)22(24)16-14-20-10-6-4-7-11-20/h4-19,27H,1-3H3. The molecule has 0 unspecified atom stereocenters. The van der Waals surface area contributed by atoms with Gasteiger partial charge in [0.15, 0.2) is 0 Å². The summed E-state index contributed by atoms with van der Waals surface area (Å²) in [5.41, 5.74) is 5.33. The van der Waals surface area contributed by atoms with Crippen LogP contribution < -0.4 is 0 Å². The molecular weight excluding hydrogens is 328 g/mol. The van der Waals surface area contributed by atoms with Gasteiger partial charge in [-0.05, 0) is 33.7 Å². The second kappa shape index (κ2) is 8.09. The molecule has 0 saturated heterocycles. The summed E-state index contributed by atoms with van der Waals surface area (Å²) < 4.78 is 0. The van der Waals surface area contributed by atoms with E-state index in [9.17, 15) is 5.11 Å². The summed E-state index contributed by atoms with van der Waals surface area (Å²) >= 11 is 0. The Balaban J connectivity index is 2.11. The van der Waals surface area contributed by atoms with E-state index in [4.69, 9.17) is 0 Å². The van der Waals surface area contributed by atoms with Crippen LogP contribution >= 0.6 is 0 Å². The van der Waals surface area contributed by atoms with Crippen LogP contribution in [-0.2, 0) is 5.41 Å². The van der Waals surface area contributed by atoms with Crippen molar-refractivity contribution in [3.63, 3.8) is 0 Å². The van der Waals surface area contributed by atoms with Crippen molar-refractivity contribution in [2.24, 2.45) is 0 Å². The summed E-state index contributed by atoms with van der Waals surface area (Å²) in [6.45, 7) is 6.60. The van der Waals surface area contributed by atoms with E-state index in [1.807, 2.05) is 54.6 Å². The zero-order valence-electron chi connectivity index (χ0n) is 16.2. The third-order valence-electron chi connectivity index (χ3n) is 4.56. The molecule has 1 N–H and O–H groups in total. The topological polar surface area (TPSA) is 20.2 Å². The van der Waals surface area contributed by atoms with E-state index < -0.39 is 0 Å². The van der Waals surface area contributed by atoms with Gasteiger partial charge in [-0.25, -0.2) is 0 Å². The molecule has 27 heavy (non-hydrogen) atoms. The minimum atomic E-state index is -0.0284. The van der Waals surface area contributed by atoms with Gasteiger partial charge in [0, 0.05) is 5.56 Å². The number of benzene rings is 3. The molecule has 1 nitrogen and oxygen atoms in total. The minimum absolute atomic E-state index is 0.0284. The van der Waals surface area contributed by atoms with Gasteiger partial charge in [-0.15, -0.1) is 0 Å². The van der Waals surface area contributed by atoms with Crippen LogP contribution in [-0.4, -0.2) is 5.11 Å². The molecular formula is C26H26O. The third-order valence-corrected chi connectivity index (χ3v) is 4.56. The lowest BCUT2D eigenvalue weighted by Gasteiger charge is -2.23. The van der Waals surface area contributed by atoms with Crippen molar-refractivity contribution in [1.82, 2.24) is 0 Å². The summed E-state index contributed by atoms with van der Waals surface area (Å²) in [5.74, 6) is 0.294. The van der Waals surface area contributed by atoms with Crippen LogP contribution in [0.1, 0.15) is 48.6 Å². The summed E-state index contributed by atoms with van der Waals surface area (Å²) in [5, 5.41) is 10.6. The summed E-state index contributed by atoms with van der Waals surface area (Å²) in [7, 11) is 0. The highest BCUT2D eigenvalue weighted by atomic mass is 16.3. The van der Waals surface area contributed by atoms with Crippen LogP contribution in [0.5, 0.6) is 5.75 Å². The lowest BCUT2D eigenvalue weighted by molar-refractivity contribution is 0.472. The zero-order valence-corrected chi connectivity index (χ0v) is 16.2. The van der Waals surface area contributed by atoms with Gasteiger partial charge in [-0.3, -0.25) is 0 Å². The Morgan fingerprint density at radius 2 is 1.07 bits per heavy atom. The second-order valence-corrected chi connectivity index (χ2v) is 7.70. The Hall–Kier alpha value is -3.06. The van der Waals surface area contributed by atoms with Gasteiger partial charge in [0.25, 0.3) is 0 Å². The van der Waals surface area contributed by atoms with Crippen molar-refractivity contribution in [1.29, 1.82) is 0 Å². The number of phenolic OH excluding ortho intramolecular Hbond substituents is 1. The fourth-order valence-corrected chi connectivity index (χ4v) is 3.12. The van der Waals surface area contributed by atoms with Crippen LogP contribution in [0, 0.1) is 0 Å². The minimum Gasteiger partial charge on any atom is -0.507 e. The highest BCUT2D eigenvalue weighted by Crippen LogP contribution is 2.35. The molecule has 0 aliphatic rings. The fourth-order valence-electron chi connectivity index (χ4n) is 3.12. The molecule has 3 rings (SSSR count). The number of phenols is 1. The Kier molecular flexibility index (Phi) is 5.61. The Morgan fingerprint density at radius 1 is 0.593 bits per heavy atom. The molecule has 1 heteroatoms. The molecule has 0 bridgehead atoms. The molecule has 0 atom stereocenters. The largest absolute Gasteiger partial charge is 0.507 e. The van der Waals surface area contributed by atoms with Gasteiger partial charge < -0.3 is 5.11 Å². The van der Waals surface area contributed by atoms with E-state index in [0.29, 0.717) is 5.75 Å².